The number of hydrogen-bond acceptors (Lipinski definition) is 2. The van der Waals surface area contributed by atoms with Gasteiger partial charge in [0.2, 0.25) is 0 Å². The summed E-state index contributed by atoms with van der Waals surface area (Å²) in [4.78, 5) is 10.6. The third kappa shape index (κ3) is 7.70. The average Bonchev–Trinajstić information content (AvgIpc) is 4.14. The highest BCUT2D eigenvalue weighted by atomic mass is 15.1. The zero-order valence-electron chi connectivity index (χ0n) is 42.2. The van der Waals surface area contributed by atoms with Crippen LogP contribution in [0.15, 0.2) is 267 Å². The molecule has 12 aromatic carbocycles. The molecule has 358 valence electrons. The molecule has 0 N–H and O–H groups in total. The van der Waals surface area contributed by atoms with Crippen LogP contribution < -0.4 is 0 Å². The maximum Gasteiger partial charge on any atom is 0.145 e. The largest absolute Gasteiger partial charge is 0.292 e. The number of nitrogens with zero attached hydrogens (tertiary/aromatic N) is 4. The third-order valence-corrected chi connectivity index (χ3v) is 15.2. The van der Waals surface area contributed by atoms with Gasteiger partial charge in [-0.05, 0) is 163 Å². The highest BCUT2D eigenvalue weighted by Gasteiger charge is 2.22. The van der Waals surface area contributed by atoms with Gasteiger partial charge in [-0.1, -0.05) is 206 Å². The number of para-hydroxylation sites is 2. The molecule has 0 saturated heterocycles. The van der Waals surface area contributed by atoms with Crippen molar-refractivity contribution in [2.24, 2.45) is 0 Å². The van der Waals surface area contributed by atoms with Gasteiger partial charge in [0.15, 0.2) is 0 Å². The molecule has 0 amide bonds. The molecule has 2 heterocycles. The molecular formula is C72H50N4. The second kappa shape index (κ2) is 18.5. The van der Waals surface area contributed by atoms with Gasteiger partial charge in [0.05, 0.1) is 22.1 Å². The van der Waals surface area contributed by atoms with Crippen molar-refractivity contribution in [1.29, 1.82) is 0 Å². The van der Waals surface area contributed by atoms with E-state index >= 15 is 0 Å². The van der Waals surface area contributed by atoms with Crippen LogP contribution in [0.3, 0.4) is 0 Å². The predicted octanol–water partition coefficient (Wildman–Crippen LogP) is 19.0. The number of hydrogen-bond donors (Lipinski definition) is 0. The fraction of sp³-hybridized carbons (Fsp3) is 0.0278. The highest BCUT2D eigenvalue weighted by molar-refractivity contribution is 6.22. The molecule has 4 nitrogen and oxygen atoms in total. The van der Waals surface area contributed by atoms with E-state index < -0.39 is 0 Å². The first-order valence-electron chi connectivity index (χ1n) is 26.1. The molecule has 14 rings (SSSR count). The van der Waals surface area contributed by atoms with Gasteiger partial charge in [0.25, 0.3) is 0 Å². The van der Waals surface area contributed by atoms with Crippen LogP contribution in [0.2, 0.25) is 0 Å². The first-order chi connectivity index (χ1) is 37.5. The molecule has 2 aromatic heterocycles. The van der Waals surface area contributed by atoms with Crippen LogP contribution in [0, 0.1) is 13.8 Å². The lowest BCUT2D eigenvalue weighted by Gasteiger charge is -2.20. The molecule has 0 spiro atoms. The predicted molar refractivity (Wildman–Crippen MR) is 318 cm³/mol. The Kier molecular flexibility index (Phi) is 10.9. The SMILES string of the molecule is Cc1cc2c(cc1-c1ccc(-c3ccc4c(-c5ccccc5)c5cc(-c6cc7nc(-c8ccccc8)n(-c8ccccc8)c7cc6C)ccc5c(-c5ccccc5)c4c3)cc1)nc(-c1ccccc1)n2-c1ccccc1. The normalized spacial score (nSPS) is 11.6. The number of aryl methyl sites for hydroxylation is 2. The summed E-state index contributed by atoms with van der Waals surface area (Å²) >= 11 is 0. The van der Waals surface area contributed by atoms with Crippen molar-refractivity contribution in [3.05, 3.63) is 278 Å². The summed E-state index contributed by atoms with van der Waals surface area (Å²) in [6, 6.07) is 96.3. The molecule has 0 atom stereocenters. The molecule has 0 aliphatic carbocycles. The highest BCUT2D eigenvalue weighted by Crippen LogP contribution is 2.47. The maximum atomic E-state index is 5.36. The Labute approximate surface area is 442 Å². The average molecular weight is 971 g/mol. The van der Waals surface area contributed by atoms with Gasteiger partial charge in [0, 0.05) is 22.5 Å². The second-order valence-corrected chi connectivity index (χ2v) is 19.8. The van der Waals surface area contributed by atoms with E-state index in [2.05, 4.69) is 290 Å². The molecule has 0 fully saturated rings. The lowest BCUT2D eigenvalue weighted by molar-refractivity contribution is 1.10. The monoisotopic (exact) mass is 970 g/mol. The molecule has 76 heavy (non-hydrogen) atoms. The number of imidazole rings is 2. The Hall–Kier alpha value is -9.90. The zero-order valence-corrected chi connectivity index (χ0v) is 42.2. The Morgan fingerprint density at radius 3 is 1.04 bits per heavy atom. The van der Waals surface area contributed by atoms with Crippen molar-refractivity contribution >= 4 is 43.6 Å². The molecular weight excluding hydrogens is 921 g/mol. The number of aromatic nitrogens is 4. The van der Waals surface area contributed by atoms with Crippen molar-refractivity contribution < 1.29 is 0 Å². The van der Waals surface area contributed by atoms with Gasteiger partial charge >= 0.3 is 0 Å². The van der Waals surface area contributed by atoms with Crippen molar-refractivity contribution in [3.63, 3.8) is 0 Å². The van der Waals surface area contributed by atoms with E-state index in [1.165, 1.54) is 71.6 Å². The van der Waals surface area contributed by atoms with Gasteiger partial charge in [-0.25, -0.2) is 9.97 Å². The van der Waals surface area contributed by atoms with Gasteiger partial charge in [-0.3, -0.25) is 9.13 Å². The smallest absolute Gasteiger partial charge is 0.145 e. The maximum absolute atomic E-state index is 5.36. The summed E-state index contributed by atoms with van der Waals surface area (Å²) in [6.07, 6.45) is 0. The summed E-state index contributed by atoms with van der Waals surface area (Å²) in [6.45, 7) is 4.44. The number of fused-ring (bicyclic) bond motifs is 4. The zero-order chi connectivity index (χ0) is 50.7. The number of benzene rings is 12. The fourth-order valence-corrected chi connectivity index (χ4v) is 11.6. The quantitative estimate of drug-likeness (QED) is 0.135. The van der Waals surface area contributed by atoms with Crippen LogP contribution in [-0.2, 0) is 0 Å². The molecule has 4 heteroatoms. The first-order valence-corrected chi connectivity index (χ1v) is 26.1. The minimum atomic E-state index is 0.927. The first kappa shape index (κ1) is 44.8. The summed E-state index contributed by atoms with van der Waals surface area (Å²) in [7, 11) is 0. The van der Waals surface area contributed by atoms with Gasteiger partial charge in [0.1, 0.15) is 11.6 Å². The van der Waals surface area contributed by atoms with E-state index in [0.717, 1.165) is 72.9 Å². The van der Waals surface area contributed by atoms with E-state index in [0.29, 0.717) is 0 Å². The van der Waals surface area contributed by atoms with E-state index in [1.54, 1.807) is 0 Å². The van der Waals surface area contributed by atoms with E-state index in [1.807, 2.05) is 0 Å². The number of rotatable bonds is 9. The minimum absolute atomic E-state index is 0.927. The Morgan fingerprint density at radius 2 is 0.605 bits per heavy atom. The standard InChI is InChI=1S/C72H50N4/c1-47-41-67-65(73-71(53-25-13-5-14-26-53)75(67)57-29-17-7-18-30-57)45-61(47)50-35-33-49(34-36-50)55-37-39-59-63(43-55)69(51-21-9-3-10-22-51)60-40-38-56(44-64(60)70(59)52-23-11-4-12-24-52)62-46-66-68(42-48(62)2)76(58-31-19-8-20-32-58)72(74-66)54-27-15-6-16-28-54/h3-46H,1-2H3. The molecule has 0 aliphatic heterocycles. The van der Waals surface area contributed by atoms with E-state index in [-0.39, 0.29) is 0 Å². The molecule has 14 aromatic rings. The summed E-state index contributed by atoms with van der Waals surface area (Å²) < 4.78 is 4.58. The van der Waals surface area contributed by atoms with Crippen molar-refractivity contribution in [3.8, 4) is 89.8 Å². The topological polar surface area (TPSA) is 35.6 Å². The van der Waals surface area contributed by atoms with Gasteiger partial charge in [-0.15, -0.1) is 0 Å². The van der Waals surface area contributed by atoms with Crippen LogP contribution >= 0.6 is 0 Å². The minimum Gasteiger partial charge on any atom is -0.292 e. The molecule has 0 radical (unpaired) electrons. The van der Waals surface area contributed by atoms with Crippen molar-refractivity contribution in [1.82, 2.24) is 19.1 Å². The second-order valence-electron chi connectivity index (χ2n) is 19.8. The Bertz CT molecular complexity index is 4470. The summed E-state index contributed by atoms with van der Waals surface area (Å²) in [5, 5.41) is 4.85. The van der Waals surface area contributed by atoms with Crippen molar-refractivity contribution in [2.75, 3.05) is 0 Å². The summed E-state index contributed by atoms with van der Waals surface area (Å²) in [5.41, 5.74) is 22.6. The van der Waals surface area contributed by atoms with Crippen LogP contribution in [0.5, 0.6) is 0 Å². The third-order valence-electron chi connectivity index (χ3n) is 15.2. The van der Waals surface area contributed by atoms with Crippen LogP contribution in [0.25, 0.3) is 133 Å². The summed E-state index contributed by atoms with van der Waals surface area (Å²) in [5.74, 6) is 1.86. The van der Waals surface area contributed by atoms with E-state index in [9.17, 15) is 0 Å². The fourth-order valence-electron chi connectivity index (χ4n) is 11.6. The van der Waals surface area contributed by atoms with Crippen LogP contribution in [0.4, 0.5) is 0 Å². The Morgan fingerprint density at radius 1 is 0.263 bits per heavy atom. The lowest BCUT2D eigenvalue weighted by Crippen LogP contribution is -1.97. The lowest BCUT2D eigenvalue weighted by atomic mass is 9.83. The van der Waals surface area contributed by atoms with Crippen LogP contribution in [0.1, 0.15) is 11.1 Å². The molecule has 0 saturated carbocycles. The molecule has 0 aliphatic rings. The van der Waals surface area contributed by atoms with Crippen molar-refractivity contribution in [2.45, 2.75) is 13.8 Å². The van der Waals surface area contributed by atoms with Crippen LogP contribution in [-0.4, -0.2) is 19.1 Å². The molecule has 0 bridgehead atoms. The van der Waals surface area contributed by atoms with Gasteiger partial charge < -0.3 is 0 Å². The van der Waals surface area contributed by atoms with Gasteiger partial charge in [-0.2, -0.15) is 0 Å². The van der Waals surface area contributed by atoms with E-state index in [4.69, 9.17) is 9.97 Å². The molecule has 0 unspecified atom stereocenters. The Balaban J connectivity index is 0.906.